The first-order chi connectivity index (χ1) is 7.24. The van der Waals surface area contributed by atoms with E-state index in [0.29, 0.717) is 19.1 Å². The molecule has 1 saturated heterocycles. The van der Waals surface area contributed by atoms with E-state index in [1.54, 1.807) is 0 Å². The van der Waals surface area contributed by atoms with Crippen molar-refractivity contribution >= 4 is 0 Å². The van der Waals surface area contributed by atoms with E-state index in [0.717, 1.165) is 26.2 Å². The van der Waals surface area contributed by atoms with Crippen molar-refractivity contribution in [2.75, 3.05) is 33.0 Å². The van der Waals surface area contributed by atoms with Gasteiger partial charge in [-0.25, -0.2) is 0 Å². The van der Waals surface area contributed by atoms with Crippen molar-refractivity contribution in [2.24, 2.45) is 11.7 Å². The standard InChI is InChI=1S/C11H23NO3/c1-3-13-6-9(2)15-8-11(12)10-4-5-14-7-10/h9-11H,3-8,12H2,1-2H3. The van der Waals surface area contributed by atoms with Crippen LogP contribution >= 0.6 is 0 Å². The maximum absolute atomic E-state index is 6.01. The molecule has 0 bridgehead atoms. The molecule has 0 radical (unpaired) electrons. The van der Waals surface area contributed by atoms with Gasteiger partial charge in [-0.1, -0.05) is 0 Å². The molecular weight excluding hydrogens is 194 g/mol. The Kier molecular flexibility index (Phi) is 6.17. The first-order valence-electron chi connectivity index (χ1n) is 5.76. The molecule has 1 aliphatic rings. The Morgan fingerprint density at radius 2 is 2.27 bits per heavy atom. The maximum Gasteiger partial charge on any atom is 0.0781 e. The van der Waals surface area contributed by atoms with Crippen molar-refractivity contribution in [3.05, 3.63) is 0 Å². The lowest BCUT2D eigenvalue weighted by molar-refractivity contribution is -0.0134. The first kappa shape index (κ1) is 12.9. The van der Waals surface area contributed by atoms with E-state index in [2.05, 4.69) is 0 Å². The zero-order chi connectivity index (χ0) is 11.1. The van der Waals surface area contributed by atoms with Gasteiger partial charge in [0, 0.05) is 25.2 Å². The SMILES string of the molecule is CCOCC(C)OCC(N)C1CCOC1. The molecule has 0 amide bonds. The summed E-state index contributed by atoms with van der Waals surface area (Å²) in [4.78, 5) is 0. The van der Waals surface area contributed by atoms with Crippen LogP contribution in [0.4, 0.5) is 0 Å². The summed E-state index contributed by atoms with van der Waals surface area (Å²) in [7, 11) is 0. The van der Waals surface area contributed by atoms with E-state index in [4.69, 9.17) is 19.9 Å². The fourth-order valence-corrected chi connectivity index (χ4v) is 1.63. The molecule has 15 heavy (non-hydrogen) atoms. The molecular formula is C11H23NO3. The minimum Gasteiger partial charge on any atom is -0.381 e. The second-order valence-electron chi connectivity index (χ2n) is 4.09. The average Bonchev–Trinajstić information content (AvgIpc) is 2.76. The molecule has 0 spiro atoms. The van der Waals surface area contributed by atoms with E-state index in [-0.39, 0.29) is 12.1 Å². The Balaban J connectivity index is 2.07. The smallest absolute Gasteiger partial charge is 0.0781 e. The summed E-state index contributed by atoms with van der Waals surface area (Å²) in [6, 6.07) is 0.0941. The second kappa shape index (κ2) is 7.17. The van der Waals surface area contributed by atoms with Gasteiger partial charge in [-0.15, -0.1) is 0 Å². The minimum absolute atomic E-state index is 0.0941. The van der Waals surface area contributed by atoms with Gasteiger partial charge in [0.1, 0.15) is 0 Å². The molecule has 1 rings (SSSR count). The quantitative estimate of drug-likeness (QED) is 0.685. The van der Waals surface area contributed by atoms with E-state index in [1.165, 1.54) is 0 Å². The van der Waals surface area contributed by atoms with Gasteiger partial charge in [-0.05, 0) is 20.3 Å². The number of ether oxygens (including phenoxy) is 3. The summed E-state index contributed by atoms with van der Waals surface area (Å²) in [5, 5.41) is 0. The predicted octanol–water partition coefficient (Wildman–Crippen LogP) is 0.792. The Morgan fingerprint density at radius 1 is 1.47 bits per heavy atom. The lowest BCUT2D eigenvalue weighted by Gasteiger charge is -2.20. The molecule has 1 heterocycles. The largest absolute Gasteiger partial charge is 0.381 e. The van der Waals surface area contributed by atoms with Crippen LogP contribution in [0.1, 0.15) is 20.3 Å². The Hall–Kier alpha value is -0.160. The van der Waals surface area contributed by atoms with Crippen molar-refractivity contribution in [1.82, 2.24) is 0 Å². The molecule has 4 nitrogen and oxygen atoms in total. The molecule has 0 aromatic carbocycles. The summed E-state index contributed by atoms with van der Waals surface area (Å²) in [5.74, 6) is 0.462. The van der Waals surface area contributed by atoms with Gasteiger partial charge in [0.05, 0.1) is 25.9 Å². The molecule has 0 aromatic heterocycles. The number of hydrogen-bond acceptors (Lipinski definition) is 4. The van der Waals surface area contributed by atoms with E-state index in [9.17, 15) is 0 Å². The number of nitrogens with two attached hydrogens (primary N) is 1. The topological polar surface area (TPSA) is 53.7 Å². The van der Waals surface area contributed by atoms with Gasteiger partial charge in [0.15, 0.2) is 0 Å². The van der Waals surface area contributed by atoms with Crippen molar-refractivity contribution in [3.63, 3.8) is 0 Å². The minimum atomic E-state index is 0.0941. The molecule has 3 unspecified atom stereocenters. The normalized spacial score (nSPS) is 25.4. The van der Waals surface area contributed by atoms with Crippen LogP contribution in [0, 0.1) is 5.92 Å². The van der Waals surface area contributed by atoms with Gasteiger partial charge >= 0.3 is 0 Å². The summed E-state index contributed by atoms with van der Waals surface area (Å²) in [6.45, 7) is 7.59. The maximum atomic E-state index is 6.01. The Morgan fingerprint density at radius 3 is 2.87 bits per heavy atom. The summed E-state index contributed by atoms with van der Waals surface area (Å²) < 4.78 is 16.2. The van der Waals surface area contributed by atoms with Gasteiger partial charge < -0.3 is 19.9 Å². The fourth-order valence-electron chi connectivity index (χ4n) is 1.63. The summed E-state index contributed by atoms with van der Waals surface area (Å²) in [6.07, 6.45) is 1.18. The van der Waals surface area contributed by atoms with Crippen LogP contribution in [0.25, 0.3) is 0 Å². The number of rotatable bonds is 7. The zero-order valence-corrected chi connectivity index (χ0v) is 9.78. The van der Waals surface area contributed by atoms with E-state index in [1.807, 2.05) is 13.8 Å². The van der Waals surface area contributed by atoms with Gasteiger partial charge in [-0.3, -0.25) is 0 Å². The lowest BCUT2D eigenvalue weighted by Crippen LogP contribution is -2.36. The van der Waals surface area contributed by atoms with Crippen molar-refractivity contribution < 1.29 is 14.2 Å². The van der Waals surface area contributed by atoms with Crippen molar-refractivity contribution in [1.29, 1.82) is 0 Å². The van der Waals surface area contributed by atoms with Gasteiger partial charge in [0.25, 0.3) is 0 Å². The molecule has 0 saturated carbocycles. The van der Waals surface area contributed by atoms with Crippen LogP contribution in [0.5, 0.6) is 0 Å². The van der Waals surface area contributed by atoms with Gasteiger partial charge in [-0.2, -0.15) is 0 Å². The molecule has 3 atom stereocenters. The second-order valence-corrected chi connectivity index (χ2v) is 4.09. The molecule has 4 heteroatoms. The van der Waals surface area contributed by atoms with Crippen LogP contribution in [-0.4, -0.2) is 45.2 Å². The van der Waals surface area contributed by atoms with E-state index >= 15 is 0 Å². The lowest BCUT2D eigenvalue weighted by atomic mass is 10.0. The van der Waals surface area contributed by atoms with Crippen molar-refractivity contribution in [3.8, 4) is 0 Å². The van der Waals surface area contributed by atoms with Crippen LogP contribution in [0.15, 0.2) is 0 Å². The van der Waals surface area contributed by atoms with Crippen molar-refractivity contribution in [2.45, 2.75) is 32.4 Å². The summed E-state index contributed by atoms with van der Waals surface area (Å²) in [5.41, 5.74) is 6.01. The monoisotopic (exact) mass is 217 g/mol. The zero-order valence-electron chi connectivity index (χ0n) is 9.78. The third-order valence-corrected chi connectivity index (χ3v) is 2.70. The fraction of sp³-hybridized carbons (Fsp3) is 1.00. The molecule has 1 fully saturated rings. The van der Waals surface area contributed by atoms with Crippen LogP contribution in [-0.2, 0) is 14.2 Å². The highest BCUT2D eigenvalue weighted by atomic mass is 16.5. The highest BCUT2D eigenvalue weighted by molar-refractivity contribution is 4.76. The van der Waals surface area contributed by atoms with Crippen LogP contribution in [0.2, 0.25) is 0 Å². The van der Waals surface area contributed by atoms with E-state index < -0.39 is 0 Å². The molecule has 0 aliphatic carbocycles. The molecule has 90 valence electrons. The Labute approximate surface area is 92.1 Å². The highest BCUT2D eigenvalue weighted by Crippen LogP contribution is 2.15. The third-order valence-electron chi connectivity index (χ3n) is 2.70. The highest BCUT2D eigenvalue weighted by Gasteiger charge is 2.23. The predicted molar refractivity (Wildman–Crippen MR) is 58.8 cm³/mol. The molecule has 1 aliphatic heterocycles. The summed E-state index contributed by atoms with van der Waals surface area (Å²) >= 11 is 0. The molecule has 0 aromatic rings. The number of hydrogen-bond donors (Lipinski definition) is 1. The first-order valence-corrected chi connectivity index (χ1v) is 5.76. The van der Waals surface area contributed by atoms with Gasteiger partial charge in [0.2, 0.25) is 0 Å². The average molecular weight is 217 g/mol. The van der Waals surface area contributed by atoms with Crippen LogP contribution < -0.4 is 5.73 Å². The third kappa shape index (κ3) is 4.93. The molecule has 2 N–H and O–H groups in total. The Bertz CT molecular complexity index is 160. The van der Waals surface area contributed by atoms with Crippen LogP contribution in [0.3, 0.4) is 0 Å².